The Morgan fingerprint density at radius 1 is 1.21 bits per heavy atom. The lowest BCUT2D eigenvalue weighted by molar-refractivity contribution is -0.115. The van der Waals surface area contributed by atoms with Crippen LogP contribution in [0.25, 0.3) is 22.4 Å². The fourth-order valence-electron chi connectivity index (χ4n) is 2.74. The Hall–Kier alpha value is -3.57. The molecule has 1 atom stereocenters. The van der Waals surface area contributed by atoms with Gasteiger partial charge in [-0.2, -0.15) is 5.26 Å². The second-order valence-corrected chi connectivity index (χ2v) is 7.32. The second-order valence-electron chi connectivity index (χ2n) is 6.03. The summed E-state index contributed by atoms with van der Waals surface area (Å²) in [6, 6.07) is 16.7. The molecule has 2 aromatic carbocycles. The largest absolute Gasteiger partial charge is 0.411 e. The topological polar surface area (TPSA) is 108 Å². The number of para-hydroxylation sites is 2. The molecule has 2 heterocycles. The summed E-state index contributed by atoms with van der Waals surface area (Å²) in [5.74, 6) is 0.141. The van der Waals surface area contributed by atoms with Crippen LogP contribution in [0.3, 0.4) is 0 Å². The third-order valence-corrected chi connectivity index (χ3v) is 5.11. The predicted molar refractivity (Wildman–Crippen MR) is 107 cm³/mol. The highest BCUT2D eigenvalue weighted by Crippen LogP contribution is 2.31. The molecule has 2 aromatic heterocycles. The van der Waals surface area contributed by atoms with Gasteiger partial charge in [-0.25, -0.2) is 0 Å². The van der Waals surface area contributed by atoms with E-state index in [1.807, 2.05) is 30.5 Å². The first-order chi connectivity index (χ1) is 13.7. The van der Waals surface area contributed by atoms with E-state index in [1.54, 1.807) is 31.2 Å². The first kappa shape index (κ1) is 17.8. The van der Waals surface area contributed by atoms with Crippen LogP contribution in [0, 0.1) is 11.3 Å². The zero-order chi connectivity index (χ0) is 19.5. The smallest absolute Gasteiger partial charge is 0.277 e. The number of hydrogen-bond acceptors (Lipinski definition) is 6. The summed E-state index contributed by atoms with van der Waals surface area (Å²) in [5, 5.41) is 20.8. The van der Waals surface area contributed by atoms with Crippen LogP contribution in [0.5, 0.6) is 0 Å². The number of aromatic nitrogens is 3. The molecule has 138 valence electrons. The third-order valence-electron chi connectivity index (χ3n) is 4.18. The molecule has 2 N–H and O–H groups in total. The second kappa shape index (κ2) is 7.58. The van der Waals surface area contributed by atoms with E-state index in [9.17, 15) is 4.79 Å². The molecule has 1 amide bonds. The standard InChI is InChI=1S/C20H15N5O2S/c1-12(18(26)23-16-8-4-2-6-13(16)10-21)28-20-25-24-19(27-20)15-11-22-17-9-5-3-7-14(15)17/h2-9,11-12,22H,1H3,(H,23,26)/t12-/m1/s1. The number of anilines is 1. The van der Waals surface area contributed by atoms with Crippen molar-refractivity contribution in [3.05, 3.63) is 60.3 Å². The van der Waals surface area contributed by atoms with Gasteiger partial charge in [0.25, 0.3) is 11.1 Å². The normalized spacial score (nSPS) is 11.9. The Balaban J connectivity index is 1.48. The Labute approximate surface area is 164 Å². The third kappa shape index (κ3) is 3.48. The number of carbonyl (C=O) groups excluding carboxylic acids is 1. The van der Waals surface area contributed by atoms with Crippen molar-refractivity contribution in [3.8, 4) is 17.5 Å². The molecule has 4 rings (SSSR count). The number of benzene rings is 2. The number of nitrogens with zero attached hydrogens (tertiary/aromatic N) is 3. The van der Waals surface area contributed by atoms with Gasteiger partial charge >= 0.3 is 0 Å². The summed E-state index contributed by atoms with van der Waals surface area (Å²) in [4.78, 5) is 15.6. The van der Waals surface area contributed by atoms with Crippen LogP contribution < -0.4 is 5.32 Å². The number of hydrogen-bond donors (Lipinski definition) is 2. The molecule has 7 nitrogen and oxygen atoms in total. The van der Waals surface area contributed by atoms with Crippen LogP contribution in [0.4, 0.5) is 5.69 Å². The van der Waals surface area contributed by atoms with Crippen molar-refractivity contribution in [1.29, 1.82) is 5.26 Å². The SMILES string of the molecule is C[C@@H](Sc1nnc(-c2c[nH]c3ccccc23)o1)C(=O)Nc1ccccc1C#N. The molecule has 8 heteroatoms. The number of nitriles is 1. The van der Waals surface area contributed by atoms with Crippen LogP contribution in [-0.2, 0) is 4.79 Å². The van der Waals surface area contributed by atoms with Gasteiger partial charge in [0.15, 0.2) is 0 Å². The summed E-state index contributed by atoms with van der Waals surface area (Å²) in [6.07, 6.45) is 1.82. The summed E-state index contributed by atoms with van der Waals surface area (Å²) in [6.45, 7) is 1.74. The fraction of sp³-hybridized carbons (Fsp3) is 0.100. The van der Waals surface area contributed by atoms with Gasteiger partial charge in [0.05, 0.1) is 22.1 Å². The van der Waals surface area contributed by atoms with Crippen LogP contribution in [0.1, 0.15) is 12.5 Å². The molecule has 0 fully saturated rings. The highest BCUT2D eigenvalue weighted by Gasteiger charge is 2.20. The molecule has 0 spiro atoms. The summed E-state index contributed by atoms with van der Waals surface area (Å²) < 4.78 is 5.74. The van der Waals surface area contributed by atoms with Crippen molar-refractivity contribution in [2.75, 3.05) is 5.32 Å². The van der Waals surface area contributed by atoms with Crippen LogP contribution in [-0.4, -0.2) is 26.3 Å². The van der Waals surface area contributed by atoms with E-state index in [0.717, 1.165) is 28.2 Å². The molecule has 0 saturated heterocycles. The molecule has 4 aromatic rings. The first-order valence-electron chi connectivity index (χ1n) is 8.52. The minimum Gasteiger partial charge on any atom is -0.411 e. The molecule has 0 aliphatic heterocycles. The van der Waals surface area contributed by atoms with E-state index < -0.39 is 5.25 Å². The number of aromatic amines is 1. The van der Waals surface area contributed by atoms with E-state index in [-0.39, 0.29) is 5.91 Å². The molecule has 0 unspecified atom stereocenters. The Kier molecular flexibility index (Phi) is 4.83. The average Bonchev–Trinajstić information content (AvgIpc) is 3.35. The van der Waals surface area contributed by atoms with Crippen molar-refractivity contribution in [1.82, 2.24) is 15.2 Å². The van der Waals surface area contributed by atoms with E-state index in [2.05, 4.69) is 26.6 Å². The number of amides is 1. The molecular formula is C20H15N5O2S. The minimum absolute atomic E-state index is 0.250. The van der Waals surface area contributed by atoms with Gasteiger partial charge in [0.1, 0.15) is 6.07 Å². The maximum Gasteiger partial charge on any atom is 0.277 e. The van der Waals surface area contributed by atoms with Crippen molar-refractivity contribution >= 4 is 34.3 Å². The molecule has 0 saturated carbocycles. The maximum atomic E-state index is 12.5. The summed E-state index contributed by atoms with van der Waals surface area (Å²) >= 11 is 1.16. The minimum atomic E-state index is -0.483. The van der Waals surface area contributed by atoms with Gasteiger partial charge in [-0.05, 0) is 25.1 Å². The number of nitrogens with one attached hydrogen (secondary N) is 2. The van der Waals surface area contributed by atoms with Gasteiger partial charge in [-0.3, -0.25) is 4.79 Å². The highest BCUT2D eigenvalue weighted by atomic mass is 32.2. The zero-order valence-electron chi connectivity index (χ0n) is 14.8. The van der Waals surface area contributed by atoms with E-state index in [1.165, 1.54) is 0 Å². The molecular weight excluding hydrogens is 374 g/mol. The van der Waals surface area contributed by atoms with Crippen molar-refractivity contribution in [2.24, 2.45) is 0 Å². The Bertz CT molecular complexity index is 1190. The van der Waals surface area contributed by atoms with Gasteiger partial charge in [0, 0.05) is 17.1 Å². The first-order valence-corrected chi connectivity index (χ1v) is 9.40. The molecule has 0 aliphatic carbocycles. The van der Waals surface area contributed by atoms with E-state index in [4.69, 9.17) is 9.68 Å². The maximum absolute atomic E-state index is 12.5. The lowest BCUT2D eigenvalue weighted by atomic mass is 10.2. The average molecular weight is 389 g/mol. The zero-order valence-corrected chi connectivity index (χ0v) is 15.7. The molecule has 0 aliphatic rings. The summed E-state index contributed by atoms with van der Waals surface area (Å²) in [7, 11) is 0. The van der Waals surface area contributed by atoms with Crippen molar-refractivity contribution < 1.29 is 9.21 Å². The number of H-pyrrole nitrogens is 1. The van der Waals surface area contributed by atoms with Gasteiger partial charge in [-0.1, -0.05) is 42.1 Å². The number of fused-ring (bicyclic) bond motifs is 1. The quantitative estimate of drug-likeness (QED) is 0.495. The Morgan fingerprint density at radius 2 is 2.00 bits per heavy atom. The Morgan fingerprint density at radius 3 is 2.86 bits per heavy atom. The van der Waals surface area contributed by atoms with Gasteiger partial charge < -0.3 is 14.7 Å². The predicted octanol–water partition coefficient (Wildman–Crippen LogP) is 4.21. The van der Waals surface area contributed by atoms with Crippen LogP contribution in [0.2, 0.25) is 0 Å². The van der Waals surface area contributed by atoms with Crippen LogP contribution in [0.15, 0.2) is 64.4 Å². The number of carbonyl (C=O) groups is 1. The molecule has 0 bridgehead atoms. The number of rotatable bonds is 5. The van der Waals surface area contributed by atoms with Gasteiger partial charge in [0.2, 0.25) is 5.91 Å². The highest BCUT2D eigenvalue weighted by molar-refractivity contribution is 8.00. The van der Waals surface area contributed by atoms with Crippen molar-refractivity contribution in [3.63, 3.8) is 0 Å². The van der Waals surface area contributed by atoms with Crippen LogP contribution >= 0.6 is 11.8 Å². The molecule has 0 radical (unpaired) electrons. The lowest BCUT2D eigenvalue weighted by Gasteiger charge is -2.10. The lowest BCUT2D eigenvalue weighted by Crippen LogP contribution is -2.22. The molecule has 28 heavy (non-hydrogen) atoms. The summed E-state index contributed by atoms with van der Waals surface area (Å²) in [5.41, 5.74) is 2.68. The van der Waals surface area contributed by atoms with Crippen molar-refractivity contribution in [2.45, 2.75) is 17.4 Å². The number of thioether (sulfide) groups is 1. The van der Waals surface area contributed by atoms with Gasteiger partial charge in [-0.15, -0.1) is 10.2 Å². The fourth-order valence-corrected chi connectivity index (χ4v) is 3.43. The van der Waals surface area contributed by atoms with E-state index >= 15 is 0 Å². The van der Waals surface area contributed by atoms with E-state index in [0.29, 0.717) is 22.4 Å². The monoisotopic (exact) mass is 389 g/mol.